The second-order valence-electron chi connectivity index (χ2n) is 4.40. The summed E-state index contributed by atoms with van der Waals surface area (Å²) < 4.78 is 5.57. The number of hydrogen-bond acceptors (Lipinski definition) is 4. The van der Waals surface area contributed by atoms with E-state index in [2.05, 4.69) is 4.99 Å². The topological polar surface area (TPSA) is 58.9 Å². The molecule has 0 amide bonds. The first-order chi connectivity index (χ1) is 8.95. The number of phenolic OH excluding ortho intramolecular Hbond substituents is 1. The summed E-state index contributed by atoms with van der Waals surface area (Å²) in [4.78, 5) is 15.9. The molecular weight excluding hydrogens is 242 g/mol. The largest absolute Gasteiger partial charge is 0.507 e. The van der Waals surface area contributed by atoms with Gasteiger partial charge in [0.05, 0.1) is 5.56 Å². The number of phenols is 1. The van der Waals surface area contributed by atoms with Crippen molar-refractivity contribution in [2.75, 3.05) is 0 Å². The Morgan fingerprint density at radius 1 is 1.37 bits per heavy atom. The number of aliphatic imine (C=N–C) groups is 1. The van der Waals surface area contributed by atoms with Crippen LogP contribution in [0.25, 0.3) is 0 Å². The van der Waals surface area contributed by atoms with Gasteiger partial charge in [0.15, 0.2) is 11.3 Å². The molecule has 0 aromatic heterocycles. The van der Waals surface area contributed by atoms with E-state index in [0.29, 0.717) is 11.5 Å². The van der Waals surface area contributed by atoms with Crippen LogP contribution in [0.1, 0.15) is 40.2 Å². The summed E-state index contributed by atoms with van der Waals surface area (Å²) in [6.45, 7) is 9.04. The molecule has 0 spiro atoms. The van der Waals surface area contributed by atoms with Crippen LogP contribution in [0.2, 0.25) is 0 Å². The lowest BCUT2D eigenvalue weighted by atomic mass is 9.93. The van der Waals surface area contributed by atoms with Crippen molar-refractivity contribution in [3.05, 3.63) is 29.8 Å². The summed E-state index contributed by atoms with van der Waals surface area (Å²) in [5.74, 6) is 0.384. The number of rotatable bonds is 2. The average molecular weight is 263 g/mol. The van der Waals surface area contributed by atoms with Gasteiger partial charge in [0.25, 0.3) is 0 Å². The molecule has 1 aromatic rings. The molecular formula is C15H21NO3. The van der Waals surface area contributed by atoms with Gasteiger partial charge in [-0.25, -0.2) is 4.99 Å². The van der Waals surface area contributed by atoms with Crippen molar-refractivity contribution in [2.45, 2.75) is 46.3 Å². The Morgan fingerprint density at radius 3 is 2.42 bits per heavy atom. The second-order valence-corrected chi connectivity index (χ2v) is 4.40. The number of carbonyl (C=O) groups is 1. The lowest BCUT2D eigenvalue weighted by molar-refractivity contribution is -0.123. The van der Waals surface area contributed by atoms with Crippen molar-refractivity contribution >= 4 is 11.7 Å². The minimum absolute atomic E-state index is 0.0459. The fourth-order valence-electron chi connectivity index (χ4n) is 1.75. The number of para-hydroxylation sites is 1. The molecule has 4 nitrogen and oxygen atoms in total. The van der Waals surface area contributed by atoms with Crippen LogP contribution in [0, 0.1) is 0 Å². The smallest absolute Gasteiger partial charge is 0.221 e. The van der Waals surface area contributed by atoms with Crippen molar-refractivity contribution < 1.29 is 14.6 Å². The van der Waals surface area contributed by atoms with Crippen molar-refractivity contribution in [1.82, 2.24) is 0 Å². The van der Waals surface area contributed by atoms with Gasteiger partial charge in [-0.3, -0.25) is 4.79 Å². The summed E-state index contributed by atoms with van der Waals surface area (Å²) in [5, 5.41) is 9.72. The molecule has 1 N–H and O–H groups in total. The average Bonchev–Trinajstić information content (AvgIpc) is 2.70. The molecule has 0 saturated carbocycles. The van der Waals surface area contributed by atoms with Crippen LogP contribution in [0.3, 0.4) is 0 Å². The van der Waals surface area contributed by atoms with Gasteiger partial charge in [0.1, 0.15) is 11.9 Å². The molecule has 1 aliphatic rings. The quantitative estimate of drug-likeness (QED) is 0.892. The zero-order valence-corrected chi connectivity index (χ0v) is 12.1. The van der Waals surface area contributed by atoms with E-state index in [0.717, 1.165) is 0 Å². The number of nitrogens with zero attached hydrogens (tertiary/aromatic N) is 1. The number of Topliss-reactive ketones (excluding diaryl/α,β-unsaturated/α-hetero) is 1. The van der Waals surface area contributed by atoms with Gasteiger partial charge < -0.3 is 9.84 Å². The highest BCUT2D eigenvalue weighted by Crippen LogP contribution is 2.31. The number of hydrogen-bond donors (Lipinski definition) is 1. The fraction of sp³-hybridized carbons (Fsp3) is 0.467. The molecule has 4 heteroatoms. The zero-order chi connectivity index (χ0) is 14.6. The van der Waals surface area contributed by atoms with Crippen molar-refractivity contribution in [2.24, 2.45) is 4.99 Å². The summed E-state index contributed by atoms with van der Waals surface area (Å²) in [7, 11) is 0. The Balaban J connectivity index is 0.000000861. The first-order valence-corrected chi connectivity index (χ1v) is 6.51. The van der Waals surface area contributed by atoms with E-state index in [1.165, 1.54) is 6.92 Å². The maximum atomic E-state index is 11.6. The molecule has 19 heavy (non-hydrogen) atoms. The highest BCUT2D eigenvalue weighted by molar-refractivity contribution is 6.02. The molecule has 104 valence electrons. The predicted molar refractivity (Wildman–Crippen MR) is 75.6 cm³/mol. The first-order valence-electron chi connectivity index (χ1n) is 6.51. The predicted octanol–water partition coefficient (Wildman–Crippen LogP) is 2.93. The van der Waals surface area contributed by atoms with E-state index < -0.39 is 5.54 Å². The normalized spacial score (nSPS) is 24.9. The van der Waals surface area contributed by atoms with Gasteiger partial charge in [0, 0.05) is 0 Å². The Labute approximate surface area is 114 Å². The van der Waals surface area contributed by atoms with Crippen LogP contribution in [0.4, 0.5) is 0 Å². The Morgan fingerprint density at radius 2 is 1.95 bits per heavy atom. The van der Waals surface area contributed by atoms with Crippen molar-refractivity contribution in [3.63, 3.8) is 0 Å². The molecule has 0 aliphatic carbocycles. The molecule has 2 atom stereocenters. The van der Waals surface area contributed by atoms with Crippen LogP contribution < -0.4 is 0 Å². The highest BCUT2D eigenvalue weighted by Gasteiger charge is 2.43. The number of ketones is 1. The van der Waals surface area contributed by atoms with E-state index in [9.17, 15) is 9.90 Å². The summed E-state index contributed by atoms with van der Waals surface area (Å²) in [6, 6.07) is 6.79. The van der Waals surface area contributed by atoms with E-state index >= 15 is 0 Å². The van der Waals surface area contributed by atoms with Crippen molar-refractivity contribution in [3.8, 4) is 5.75 Å². The lowest BCUT2D eigenvalue weighted by Gasteiger charge is -2.20. The minimum Gasteiger partial charge on any atom is -0.507 e. The molecule has 0 saturated heterocycles. The van der Waals surface area contributed by atoms with Crippen LogP contribution in [0.5, 0.6) is 5.75 Å². The standard InChI is InChI=1S/C13H15NO3.C2H6/c1-8(15)13(3)9(2)17-12(14-13)10-6-4-5-7-11(10)16;1-2/h4-7,9,16H,1-3H3;1-2H3. The third kappa shape index (κ3) is 2.78. The van der Waals surface area contributed by atoms with Crippen LogP contribution in [-0.2, 0) is 9.53 Å². The van der Waals surface area contributed by atoms with E-state index in [1.54, 1.807) is 38.1 Å². The third-order valence-corrected chi connectivity index (χ3v) is 3.26. The molecule has 2 unspecified atom stereocenters. The summed E-state index contributed by atoms with van der Waals surface area (Å²) in [5.41, 5.74) is -0.346. The monoisotopic (exact) mass is 263 g/mol. The maximum absolute atomic E-state index is 11.6. The molecule has 0 fully saturated rings. The number of carbonyl (C=O) groups excluding carboxylic acids is 1. The fourth-order valence-corrected chi connectivity index (χ4v) is 1.75. The van der Waals surface area contributed by atoms with Gasteiger partial charge in [-0.1, -0.05) is 26.0 Å². The molecule has 0 bridgehead atoms. The number of benzene rings is 1. The molecule has 1 heterocycles. The Bertz CT molecular complexity index is 496. The summed E-state index contributed by atoms with van der Waals surface area (Å²) >= 11 is 0. The van der Waals surface area contributed by atoms with Crippen molar-refractivity contribution in [1.29, 1.82) is 0 Å². The second kappa shape index (κ2) is 5.87. The molecule has 2 rings (SSSR count). The van der Waals surface area contributed by atoms with Gasteiger partial charge in [0.2, 0.25) is 5.90 Å². The zero-order valence-electron chi connectivity index (χ0n) is 12.1. The van der Waals surface area contributed by atoms with Gasteiger partial charge in [-0.2, -0.15) is 0 Å². The highest BCUT2D eigenvalue weighted by atomic mass is 16.5. The Kier molecular flexibility index (Phi) is 4.70. The van der Waals surface area contributed by atoms with Crippen LogP contribution in [0.15, 0.2) is 29.3 Å². The third-order valence-electron chi connectivity index (χ3n) is 3.26. The molecule has 1 aliphatic heterocycles. The van der Waals surface area contributed by atoms with E-state index in [1.807, 2.05) is 13.8 Å². The van der Waals surface area contributed by atoms with Crippen LogP contribution >= 0.6 is 0 Å². The summed E-state index contributed by atoms with van der Waals surface area (Å²) in [6.07, 6.45) is -0.324. The molecule has 0 radical (unpaired) electrons. The van der Waals surface area contributed by atoms with Gasteiger partial charge in [-0.05, 0) is 32.9 Å². The maximum Gasteiger partial charge on any atom is 0.221 e. The first kappa shape index (κ1) is 15.2. The lowest BCUT2D eigenvalue weighted by Crippen LogP contribution is -2.39. The van der Waals surface area contributed by atoms with Gasteiger partial charge >= 0.3 is 0 Å². The van der Waals surface area contributed by atoms with Crippen LogP contribution in [-0.4, -0.2) is 28.4 Å². The van der Waals surface area contributed by atoms with Gasteiger partial charge in [-0.15, -0.1) is 0 Å². The Hall–Kier alpha value is -1.84. The number of ether oxygens (including phenoxy) is 1. The van der Waals surface area contributed by atoms with E-state index in [4.69, 9.17) is 4.74 Å². The molecule has 1 aromatic carbocycles. The SMILES string of the molecule is CC.CC(=O)C1(C)N=C(c2ccccc2O)OC1C. The minimum atomic E-state index is -0.863. The van der Waals surface area contributed by atoms with E-state index in [-0.39, 0.29) is 17.6 Å². The number of aromatic hydroxyl groups is 1.